The largest absolute Gasteiger partial charge is 0.401 e. The van der Waals surface area contributed by atoms with E-state index >= 15 is 0 Å². The molecule has 0 bridgehead atoms. The summed E-state index contributed by atoms with van der Waals surface area (Å²) in [6, 6.07) is 0. The Morgan fingerprint density at radius 3 is 2.45 bits per heavy atom. The molecule has 0 amide bonds. The van der Waals surface area contributed by atoms with E-state index in [1.165, 1.54) is 24.2 Å². The average molecular weight is 314 g/mol. The Kier molecular flexibility index (Phi) is 5.60. The summed E-state index contributed by atoms with van der Waals surface area (Å²) in [6.45, 7) is -0.297. The minimum absolute atomic E-state index is 0.0339. The lowest BCUT2D eigenvalue weighted by atomic mass is 9.83. The van der Waals surface area contributed by atoms with Crippen molar-refractivity contribution >= 4 is 11.6 Å². The number of alkyl halides is 4. The third-order valence-electron chi connectivity index (χ3n) is 4.37. The van der Waals surface area contributed by atoms with Gasteiger partial charge < -0.3 is 4.74 Å². The van der Waals surface area contributed by atoms with Crippen LogP contribution in [0.25, 0.3) is 0 Å². The first-order valence-electron chi connectivity index (χ1n) is 7.45. The Bertz CT molecular complexity index is 305. The molecule has 0 N–H and O–H groups in total. The highest BCUT2D eigenvalue weighted by Crippen LogP contribution is 2.42. The van der Waals surface area contributed by atoms with Gasteiger partial charge in [0.1, 0.15) is 0 Å². The lowest BCUT2D eigenvalue weighted by Crippen LogP contribution is -2.41. The molecule has 1 atom stereocenters. The van der Waals surface area contributed by atoms with Gasteiger partial charge in [-0.1, -0.05) is 19.3 Å². The molecule has 0 radical (unpaired) electrons. The summed E-state index contributed by atoms with van der Waals surface area (Å²) < 4.78 is 43.7. The van der Waals surface area contributed by atoms with Gasteiger partial charge in [-0.15, -0.1) is 11.6 Å². The lowest BCUT2D eigenvalue weighted by Gasteiger charge is -2.34. The highest BCUT2D eigenvalue weighted by molar-refractivity contribution is 6.18. The van der Waals surface area contributed by atoms with Gasteiger partial charge in [-0.3, -0.25) is 4.90 Å². The molecule has 1 saturated carbocycles. The summed E-state index contributed by atoms with van der Waals surface area (Å²) in [7, 11) is 0. The molecule has 1 heterocycles. The van der Waals surface area contributed by atoms with Crippen molar-refractivity contribution in [1.29, 1.82) is 0 Å². The van der Waals surface area contributed by atoms with Gasteiger partial charge in [0.15, 0.2) is 0 Å². The molecule has 1 unspecified atom stereocenters. The molecule has 2 aliphatic rings. The SMILES string of the molecule is FC(F)(F)CN(CCCl)CC1CCC2(CCCCC2)O1. The first kappa shape index (κ1) is 16.4. The molecule has 1 aliphatic heterocycles. The Balaban J connectivity index is 1.85. The third-order valence-corrected chi connectivity index (χ3v) is 4.54. The van der Waals surface area contributed by atoms with Gasteiger partial charge in [-0.25, -0.2) is 0 Å². The van der Waals surface area contributed by atoms with Crippen LogP contribution < -0.4 is 0 Å². The van der Waals surface area contributed by atoms with Gasteiger partial charge in [-0.2, -0.15) is 13.2 Å². The standard InChI is InChI=1S/C14H23ClF3NO/c15-8-9-19(11-14(16,17)18)10-12-4-7-13(20-12)5-2-1-3-6-13/h12H,1-11H2. The van der Waals surface area contributed by atoms with Crippen LogP contribution in [0.3, 0.4) is 0 Å². The second kappa shape index (κ2) is 6.84. The van der Waals surface area contributed by atoms with Crippen LogP contribution in [-0.4, -0.2) is 48.3 Å². The predicted octanol–water partition coefficient (Wildman–Crippen LogP) is 3.97. The minimum Gasteiger partial charge on any atom is -0.370 e. The first-order chi connectivity index (χ1) is 9.42. The highest BCUT2D eigenvalue weighted by atomic mass is 35.5. The fourth-order valence-electron chi connectivity index (χ4n) is 3.48. The van der Waals surface area contributed by atoms with Crippen LogP contribution in [-0.2, 0) is 4.74 Å². The molecule has 1 aliphatic carbocycles. The highest BCUT2D eigenvalue weighted by Gasteiger charge is 2.41. The fourth-order valence-corrected chi connectivity index (χ4v) is 3.72. The summed E-state index contributed by atoms with van der Waals surface area (Å²) in [5.41, 5.74) is -0.0339. The Morgan fingerprint density at radius 1 is 1.15 bits per heavy atom. The van der Waals surface area contributed by atoms with Crippen molar-refractivity contribution in [1.82, 2.24) is 4.90 Å². The van der Waals surface area contributed by atoms with E-state index in [0.717, 1.165) is 25.7 Å². The molecule has 20 heavy (non-hydrogen) atoms. The first-order valence-corrected chi connectivity index (χ1v) is 7.99. The van der Waals surface area contributed by atoms with Crippen LogP contribution in [0, 0.1) is 0 Å². The maximum Gasteiger partial charge on any atom is 0.401 e. The smallest absolute Gasteiger partial charge is 0.370 e. The predicted molar refractivity (Wildman–Crippen MR) is 73.1 cm³/mol. The molecule has 0 aromatic carbocycles. The number of nitrogens with zero attached hydrogens (tertiary/aromatic N) is 1. The van der Waals surface area contributed by atoms with E-state index in [9.17, 15) is 13.2 Å². The van der Waals surface area contributed by atoms with Crippen LogP contribution in [0.4, 0.5) is 13.2 Å². The molecule has 2 rings (SSSR count). The van der Waals surface area contributed by atoms with Crippen molar-refractivity contribution in [2.45, 2.75) is 62.8 Å². The van der Waals surface area contributed by atoms with Gasteiger partial charge in [0, 0.05) is 19.0 Å². The molecule has 0 aromatic rings. The molecule has 2 nitrogen and oxygen atoms in total. The fraction of sp³-hybridized carbons (Fsp3) is 1.00. The van der Waals surface area contributed by atoms with Crippen molar-refractivity contribution in [3.63, 3.8) is 0 Å². The molecule has 1 saturated heterocycles. The minimum atomic E-state index is -4.17. The van der Waals surface area contributed by atoms with Crippen molar-refractivity contribution in [3.8, 4) is 0 Å². The molecular weight excluding hydrogens is 291 g/mol. The van der Waals surface area contributed by atoms with Gasteiger partial charge in [0.2, 0.25) is 0 Å². The zero-order chi connectivity index (χ0) is 14.6. The zero-order valence-corrected chi connectivity index (χ0v) is 12.5. The van der Waals surface area contributed by atoms with Crippen molar-refractivity contribution in [2.24, 2.45) is 0 Å². The van der Waals surface area contributed by atoms with Crippen LogP contribution in [0.15, 0.2) is 0 Å². The van der Waals surface area contributed by atoms with E-state index in [2.05, 4.69) is 0 Å². The zero-order valence-electron chi connectivity index (χ0n) is 11.7. The third kappa shape index (κ3) is 4.78. The van der Waals surface area contributed by atoms with Crippen LogP contribution >= 0.6 is 11.6 Å². The number of hydrogen-bond acceptors (Lipinski definition) is 2. The summed E-state index contributed by atoms with van der Waals surface area (Å²) >= 11 is 5.60. The Morgan fingerprint density at radius 2 is 1.85 bits per heavy atom. The monoisotopic (exact) mass is 313 g/mol. The molecule has 118 valence electrons. The van der Waals surface area contributed by atoms with Crippen LogP contribution in [0.5, 0.6) is 0 Å². The summed E-state index contributed by atoms with van der Waals surface area (Å²) in [6.07, 6.45) is 3.38. The number of halogens is 4. The van der Waals surface area contributed by atoms with Crippen molar-refractivity contribution in [3.05, 3.63) is 0 Å². The average Bonchev–Trinajstić information content (AvgIpc) is 2.71. The number of rotatable bonds is 5. The number of ether oxygens (including phenoxy) is 1. The molecule has 1 spiro atoms. The second-order valence-electron chi connectivity index (χ2n) is 6.06. The molecule has 6 heteroatoms. The van der Waals surface area contributed by atoms with Crippen LogP contribution in [0.2, 0.25) is 0 Å². The Hall–Kier alpha value is -0.0000000000000000208. The van der Waals surface area contributed by atoms with E-state index in [-0.39, 0.29) is 24.1 Å². The molecular formula is C14H23ClF3NO. The molecule has 2 fully saturated rings. The maximum atomic E-state index is 12.5. The van der Waals surface area contributed by atoms with E-state index in [0.29, 0.717) is 6.54 Å². The van der Waals surface area contributed by atoms with Crippen molar-refractivity contribution in [2.75, 3.05) is 25.5 Å². The van der Waals surface area contributed by atoms with E-state index in [1.807, 2.05) is 0 Å². The molecule has 0 aromatic heterocycles. The summed E-state index contributed by atoms with van der Waals surface area (Å²) in [5, 5.41) is 0. The maximum absolute atomic E-state index is 12.5. The van der Waals surface area contributed by atoms with Gasteiger partial charge >= 0.3 is 6.18 Å². The van der Waals surface area contributed by atoms with Crippen LogP contribution in [0.1, 0.15) is 44.9 Å². The quantitative estimate of drug-likeness (QED) is 0.712. The van der Waals surface area contributed by atoms with Gasteiger partial charge in [0.05, 0.1) is 18.2 Å². The number of hydrogen-bond donors (Lipinski definition) is 0. The summed E-state index contributed by atoms with van der Waals surface area (Å²) in [4.78, 5) is 1.37. The van der Waals surface area contributed by atoms with Gasteiger partial charge in [0.25, 0.3) is 0 Å². The topological polar surface area (TPSA) is 12.5 Å². The van der Waals surface area contributed by atoms with E-state index < -0.39 is 12.7 Å². The lowest BCUT2D eigenvalue weighted by molar-refractivity contribution is -0.151. The van der Waals surface area contributed by atoms with E-state index in [1.54, 1.807) is 0 Å². The van der Waals surface area contributed by atoms with Gasteiger partial charge in [-0.05, 0) is 25.7 Å². The van der Waals surface area contributed by atoms with E-state index in [4.69, 9.17) is 16.3 Å². The Labute approximate surface area is 123 Å². The summed E-state index contributed by atoms with van der Waals surface area (Å²) in [5.74, 6) is 0.216. The normalized spacial score (nSPS) is 26.6. The second-order valence-corrected chi connectivity index (χ2v) is 6.44. The van der Waals surface area contributed by atoms with Crippen molar-refractivity contribution < 1.29 is 17.9 Å².